The van der Waals surface area contributed by atoms with Gasteiger partial charge in [-0.25, -0.2) is 0 Å². The van der Waals surface area contributed by atoms with Crippen LogP contribution in [0.4, 0.5) is 0 Å². The number of carbonyl (C=O) groups is 1. The number of hydrogen-bond donors (Lipinski definition) is 0. The van der Waals surface area contributed by atoms with E-state index in [4.69, 9.17) is 9.16 Å². The molecule has 0 amide bonds. The smallest absolute Gasteiger partial charge is 0.311 e. The number of benzene rings is 2. The van der Waals surface area contributed by atoms with Gasteiger partial charge in [0.15, 0.2) is 0 Å². The molecule has 0 aromatic heterocycles. The highest BCUT2D eigenvalue weighted by Gasteiger charge is 2.68. The molecule has 0 aliphatic heterocycles. The Labute approximate surface area is 175 Å². The zero-order valence-electron chi connectivity index (χ0n) is 18.1. The summed E-state index contributed by atoms with van der Waals surface area (Å²) >= 11 is 0. The molecule has 4 atom stereocenters. The average molecular weight is 409 g/mol. The number of rotatable bonds is 5. The van der Waals surface area contributed by atoms with E-state index in [0.29, 0.717) is 5.92 Å². The number of esters is 1. The Balaban J connectivity index is 1.88. The first-order valence-corrected chi connectivity index (χ1v) is 12.5. The molecule has 0 N–H and O–H groups in total. The van der Waals surface area contributed by atoms with Crippen LogP contribution in [0.5, 0.6) is 0 Å². The van der Waals surface area contributed by atoms with Crippen LogP contribution in [0, 0.1) is 17.3 Å². The van der Waals surface area contributed by atoms with E-state index in [1.807, 2.05) is 0 Å². The van der Waals surface area contributed by atoms with Gasteiger partial charge in [0.2, 0.25) is 0 Å². The van der Waals surface area contributed by atoms with Crippen LogP contribution in [0.3, 0.4) is 0 Å². The molecule has 0 heterocycles. The second-order valence-corrected chi connectivity index (χ2v) is 14.2. The zero-order chi connectivity index (χ0) is 20.9. The Bertz CT molecular complexity index is 834. The summed E-state index contributed by atoms with van der Waals surface area (Å²) in [4.78, 5) is 12.7. The maximum Gasteiger partial charge on any atom is 0.311 e. The van der Waals surface area contributed by atoms with Gasteiger partial charge in [0, 0.05) is 0 Å². The minimum atomic E-state index is -2.68. The van der Waals surface area contributed by atoms with Crippen molar-refractivity contribution in [3.8, 4) is 0 Å². The predicted molar refractivity (Wildman–Crippen MR) is 119 cm³/mol. The Hall–Kier alpha value is -1.91. The minimum absolute atomic E-state index is 0.0753. The van der Waals surface area contributed by atoms with Gasteiger partial charge in [0.1, 0.15) is 0 Å². The Morgan fingerprint density at radius 1 is 1.00 bits per heavy atom. The number of methoxy groups -OCH3 is 1. The highest BCUT2D eigenvalue weighted by atomic mass is 28.4. The molecule has 3 nitrogen and oxygen atoms in total. The third-order valence-corrected chi connectivity index (χ3v) is 12.2. The third-order valence-electron chi connectivity index (χ3n) is 7.24. The molecule has 2 aliphatic carbocycles. The molecule has 0 spiro atoms. The predicted octanol–water partition coefficient (Wildman–Crippen LogP) is 4.15. The monoisotopic (exact) mass is 408 g/mol. The lowest BCUT2D eigenvalue weighted by molar-refractivity contribution is -0.149. The van der Waals surface area contributed by atoms with Crippen LogP contribution in [0.2, 0.25) is 5.04 Å². The summed E-state index contributed by atoms with van der Waals surface area (Å²) in [5.74, 6) is 0.265. The van der Waals surface area contributed by atoms with Crippen molar-refractivity contribution in [1.82, 2.24) is 0 Å². The number of ether oxygens (including phenoxy) is 1. The van der Waals surface area contributed by atoms with E-state index >= 15 is 0 Å². The molecule has 2 saturated carbocycles. The molecule has 4 heteroatoms. The standard InChI is InChI=1S/C25H32O3Si/c1-24(2,3)29(19-12-8-6-9-13-19,20-14-10-7-11-15-20)28-22-21(23(26)27-5)16-18-17-25(18,22)4/h6-15,18,21-22H,16-17H2,1-5H3/t18?,21-,22-,25-/m1/s1. The van der Waals surface area contributed by atoms with Crippen molar-refractivity contribution in [2.45, 2.75) is 51.7 Å². The van der Waals surface area contributed by atoms with E-state index in [1.165, 1.54) is 17.5 Å². The fraction of sp³-hybridized carbons (Fsp3) is 0.480. The first kappa shape index (κ1) is 20.4. The van der Waals surface area contributed by atoms with Crippen LogP contribution in [-0.2, 0) is 14.0 Å². The van der Waals surface area contributed by atoms with E-state index in [0.717, 1.165) is 12.8 Å². The highest BCUT2D eigenvalue weighted by Crippen LogP contribution is 2.67. The van der Waals surface area contributed by atoms with Crippen molar-refractivity contribution in [2.24, 2.45) is 17.3 Å². The average Bonchev–Trinajstić information content (AvgIpc) is 3.29. The Kier molecular flexibility index (Phi) is 4.99. The van der Waals surface area contributed by atoms with E-state index in [-0.39, 0.29) is 28.4 Å². The van der Waals surface area contributed by atoms with Gasteiger partial charge in [-0.05, 0) is 39.6 Å². The van der Waals surface area contributed by atoms with E-state index in [1.54, 1.807) is 0 Å². The highest BCUT2D eigenvalue weighted by molar-refractivity contribution is 6.99. The first-order valence-electron chi connectivity index (χ1n) is 10.6. The molecule has 2 aromatic carbocycles. The van der Waals surface area contributed by atoms with Gasteiger partial charge in [0.05, 0.1) is 19.1 Å². The Morgan fingerprint density at radius 2 is 1.52 bits per heavy atom. The molecule has 0 radical (unpaired) electrons. The van der Waals surface area contributed by atoms with Crippen LogP contribution >= 0.6 is 0 Å². The molecule has 29 heavy (non-hydrogen) atoms. The van der Waals surface area contributed by atoms with Crippen molar-refractivity contribution >= 4 is 24.7 Å². The number of fused-ring (bicyclic) bond motifs is 1. The Morgan fingerprint density at radius 3 is 1.97 bits per heavy atom. The molecule has 2 aliphatic rings. The van der Waals surface area contributed by atoms with E-state index in [2.05, 4.69) is 88.4 Å². The molecule has 4 rings (SSSR count). The van der Waals surface area contributed by atoms with E-state index in [9.17, 15) is 4.79 Å². The summed E-state index contributed by atoms with van der Waals surface area (Å²) < 4.78 is 12.6. The second kappa shape index (κ2) is 7.10. The number of carbonyl (C=O) groups excluding carboxylic acids is 1. The van der Waals surface area contributed by atoms with Crippen LogP contribution in [0.25, 0.3) is 0 Å². The summed E-state index contributed by atoms with van der Waals surface area (Å²) in [7, 11) is -1.19. The van der Waals surface area contributed by atoms with Crippen LogP contribution in [-0.4, -0.2) is 27.5 Å². The van der Waals surface area contributed by atoms with Crippen LogP contribution in [0.15, 0.2) is 60.7 Å². The van der Waals surface area contributed by atoms with Crippen molar-refractivity contribution in [3.63, 3.8) is 0 Å². The van der Waals surface area contributed by atoms with Crippen LogP contribution < -0.4 is 10.4 Å². The topological polar surface area (TPSA) is 35.5 Å². The maximum absolute atomic E-state index is 12.7. The fourth-order valence-corrected chi connectivity index (χ4v) is 10.4. The van der Waals surface area contributed by atoms with Gasteiger partial charge in [-0.15, -0.1) is 0 Å². The summed E-state index contributed by atoms with van der Waals surface area (Å²) in [6, 6.07) is 21.3. The summed E-state index contributed by atoms with van der Waals surface area (Å²) in [6.45, 7) is 9.15. The molecule has 1 unspecified atom stereocenters. The lowest BCUT2D eigenvalue weighted by Crippen LogP contribution is -2.68. The van der Waals surface area contributed by atoms with Crippen molar-refractivity contribution in [2.75, 3.05) is 7.11 Å². The molecular formula is C25H32O3Si. The summed E-state index contributed by atoms with van der Waals surface area (Å²) in [5, 5.41) is 2.42. The first-order chi connectivity index (χ1) is 13.7. The minimum Gasteiger partial charge on any atom is -0.469 e. The van der Waals surface area contributed by atoms with Gasteiger partial charge < -0.3 is 9.16 Å². The lowest BCUT2D eigenvalue weighted by Gasteiger charge is -2.46. The summed E-state index contributed by atoms with van der Waals surface area (Å²) in [6.07, 6.45) is 1.92. The normalized spacial score (nSPS) is 28.7. The second-order valence-electron chi connectivity index (χ2n) is 9.97. The van der Waals surface area contributed by atoms with Crippen LogP contribution in [0.1, 0.15) is 40.5 Å². The van der Waals surface area contributed by atoms with E-state index < -0.39 is 8.32 Å². The fourth-order valence-electron chi connectivity index (χ4n) is 5.53. The van der Waals surface area contributed by atoms with Crippen molar-refractivity contribution < 1.29 is 14.0 Å². The number of hydrogen-bond acceptors (Lipinski definition) is 3. The molecular weight excluding hydrogens is 376 g/mol. The third kappa shape index (κ3) is 3.17. The maximum atomic E-state index is 12.7. The van der Waals surface area contributed by atoms with Gasteiger partial charge in [-0.1, -0.05) is 88.4 Å². The molecule has 2 aromatic rings. The quantitative estimate of drug-likeness (QED) is 0.551. The zero-order valence-corrected chi connectivity index (χ0v) is 19.1. The molecule has 0 saturated heterocycles. The lowest BCUT2D eigenvalue weighted by atomic mass is 9.95. The van der Waals surface area contributed by atoms with Gasteiger partial charge in [-0.3, -0.25) is 4.79 Å². The van der Waals surface area contributed by atoms with Gasteiger partial charge >= 0.3 is 5.97 Å². The largest absolute Gasteiger partial charge is 0.469 e. The van der Waals surface area contributed by atoms with Gasteiger partial charge in [0.25, 0.3) is 8.32 Å². The molecule has 0 bridgehead atoms. The molecule has 154 valence electrons. The SMILES string of the molecule is COC(=O)[C@@H]1CC2C[C@@]2(C)[C@@H]1O[Si](c1ccccc1)(c1ccccc1)C(C)(C)C. The molecule has 2 fully saturated rings. The van der Waals surface area contributed by atoms with Crippen molar-refractivity contribution in [3.05, 3.63) is 60.7 Å². The summed E-state index contributed by atoms with van der Waals surface area (Å²) in [5.41, 5.74) is 0.0753. The van der Waals surface area contributed by atoms with Gasteiger partial charge in [-0.2, -0.15) is 0 Å². The van der Waals surface area contributed by atoms with Crippen molar-refractivity contribution in [1.29, 1.82) is 0 Å².